The van der Waals surface area contributed by atoms with E-state index in [1.807, 2.05) is 36.4 Å². The SMILES string of the molecule is O=C(Nc1ccc(Cc2ccncc2)cc1)[C@@H]1CCCN1S(=O)(=O)c1ccc(Cl)c(Cl)c1. The molecule has 6 nitrogen and oxygen atoms in total. The van der Waals surface area contributed by atoms with Crippen LogP contribution >= 0.6 is 23.2 Å². The van der Waals surface area contributed by atoms with Crippen molar-refractivity contribution in [1.29, 1.82) is 0 Å². The van der Waals surface area contributed by atoms with Crippen molar-refractivity contribution >= 4 is 44.8 Å². The van der Waals surface area contributed by atoms with Crippen molar-refractivity contribution in [2.75, 3.05) is 11.9 Å². The summed E-state index contributed by atoms with van der Waals surface area (Å²) in [5, 5.41) is 3.27. The highest BCUT2D eigenvalue weighted by Gasteiger charge is 2.39. The van der Waals surface area contributed by atoms with Crippen molar-refractivity contribution < 1.29 is 13.2 Å². The summed E-state index contributed by atoms with van der Waals surface area (Å²) in [5.41, 5.74) is 2.86. The van der Waals surface area contributed by atoms with E-state index >= 15 is 0 Å². The maximum atomic E-state index is 13.1. The highest BCUT2D eigenvalue weighted by molar-refractivity contribution is 7.89. The van der Waals surface area contributed by atoms with Gasteiger partial charge < -0.3 is 5.32 Å². The van der Waals surface area contributed by atoms with Crippen LogP contribution in [0.1, 0.15) is 24.0 Å². The third-order valence-corrected chi connectivity index (χ3v) is 8.03. The molecule has 0 radical (unpaired) electrons. The minimum atomic E-state index is -3.88. The Bertz CT molecular complexity index is 1220. The quantitative estimate of drug-likeness (QED) is 0.540. The molecule has 1 aliphatic heterocycles. The Morgan fingerprint density at radius 3 is 2.38 bits per heavy atom. The van der Waals surface area contributed by atoms with E-state index in [0.717, 1.165) is 17.5 Å². The van der Waals surface area contributed by atoms with Gasteiger partial charge in [-0.15, -0.1) is 0 Å². The fourth-order valence-corrected chi connectivity index (χ4v) is 5.78. The zero-order valence-electron chi connectivity index (χ0n) is 17.0. The van der Waals surface area contributed by atoms with Crippen LogP contribution in [0.5, 0.6) is 0 Å². The third kappa shape index (κ3) is 4.96. The molecule has 2 aromatic carbocycles. The molecule has 0 bridgehead atoms. The van der Waals surface area contributed by atoms with E-state index in [-0.39, 0.29) is 27.4 Å². The molecule has 0 aliphatic carbocycles. The van der Waals surface area contributed by atoms with E-state index in [9.17, 15) is 13.2 Å². The largest absolute Gasteiger partial charge is 0.325 e. The Kier molecular flexibility index (Phi) is 6.81. The summed E-state index contributed by atoms with van der Waals surface area (Å²) in [6.45, 7) is 0.269. The fraction of sp³-hybridized carbons (Fsp3) is 0.217. The minimum Gasteiger partial charge on any atom is -0.325 e. The van der Waals surface area contributed by atoms with Crippen LogP contribution in [-0.2, 0) is 21.2 Å². The number of hydrogen-bond acceptors (Lipinski definition) is 4. The molecular weight excluding hydrogens is 469 g/mol. The molecular formula is C23H21Cl2N3O3S. The molecule has 0 saturated carbocycles. The molecule has 1 aliphatic rings. The molecule has 1 aromatic heterocycles. The van der Waals surface area contributed by atoms with Gasteiger partial charge in [0, 0.05) is 24.6 Å². The van der Waals surface area contributed by atoms with Gasteiger partial charge in [-0.2, -0.15) is 4.31 Å². The molecule has 2 heterocycles. The Morgan fingerprint density at radius 2 is 1.69 bits per heavy atom. The lowest BCUT2D eigenvalue weighted by Gasteiger charge is -2.23. The zero-order valence-corrected chi connectivity index (χ0v) is 19.4. The molecule has 0 spiro atoms. The maximum absolute atomic E-state index is 13.1. The first-order chi connectivity index (χ1) is 15.3. The van der Waals surface area contributed by atoms with Crippen LogP contribution in [0.2, 0.25) is 10.0 Å². The van der Waals surface area contributed by atoms with Gasteiger partial charge in [0.05, 0.1) is 14.9 Å². The first kappa shape index (κ1) is 22.7. The first-order valence-electron chi connectivity index (χ1n) is 10.1. The van der Waals surface area contributed by atoms with Crippen molar-refractivity contribution in [3.63, 3.8) is 0 Å². The van der Waals surface area contributed by atoms with Crippen molar-refractivity contribution in [2.24, 2.45) is 0 Å². The number of sulfonamides is 1. The van der Waals surface area contributed by atoms with Crippen LogP contribution in [0.15, 0.2) is 71.9 Å². The van der Waals surface area contributed by atoms with E-state index in [2.05, 4.69) is 10.3 Å². The van der Waals surface area contributed by atoms with Crippen molar-refractivity contribution in [3.05, 3.63) is 88.2 Å². The van der Waals surface area contributed by atoms with E-state index in [1.54, 1.807) is 12.4 Å². The lowest BCUT2D eigenvalue weighted by molar-refractivity contribution is -0.119. The van der Waals surface area contributed by atoms with Gasteiger partial charge in [0.15, 0.2) is 0 Å². The number of halogens is 2. The number of benzene rings is 2. The van der Waals surface area contributed by atoms with Gasteiger partial charge >= 0.3 is 0 Å². The fourth-order valence-electron chi connectivity index (χ4n) is 3.73. The molecule has 3 aromatic rings. The third-order valence-electron chi connectivity index (χ3n) is 5.38. The predicted molar refractivity (Wildman–Crippen MR) is 125 cm³/mol. The van der Waals surface area contributed by atoms with E-state index in [0.29, 0.717) is 18.5 Å². The van der Waals surface area contributed by atoms with Crippen LogP contribution in [0.3, 0.4) is 0 Å². The Labute approximate surface area is 197 Å². The summed E-state index contributed by atoms with van der Waals surface area (Å²) in [6, 6.07) is 14.8. The number of rotatable bonds is 6. The summed E-state index contributed by atoms with van der Waals surface area (Å²) in [4.78, 5) is 17.0. The molecule has 1 N–H and O–H groups in total. The summed E-state index contributed by atoms with van der Waals surface area (Å²) in [6.07, 6.45) is 5.32. The lowest BCUT2D eigenvalue weighted by atomic mass is 10.1. The van der Waals surface area contributed by atoms with Crippen molar-refractivity contribution in [2.45, 2.75) is 30.2 Å². The highest BCUT2D eigenvalue weighted by Crippen LogP contribution is 2.30. The molecule has 32 heavy (non-hydrogen) atoms. The molecule has 1 amide bonds. The zero-order chi connectivity index (χ0) is 22.7. The molecule has 4 rings (SSSR count). The minimum absolute atomic E-state index is 0.0204. The second-order valence-corrected chi connectivity index (χ2v) is 10.3. The number of nitrogens with one attached hydrogen (secondary N) is 1. The highest BCUT2D eigenvalue weighted by atomic mass is 35.5. The average molecular weight is 490 g/mol. The predicted octanol–water partition coefficient (Wildman–Crippen LogP) is 4.77. The lowest BCUT2D eigenvalue weighted by Crippen LogP contribution is -2.43. The number of carbonyl (C=O) groups is 1. The van der Waals surface area contributed by atoms with E-state index in [1.165, 1.54) is 22.5 Å². The van der Waals surface area contributed by atoms with Gasteiger partial charge in [-0.05, 0) is 72.9 Å². The first-order valence-corrected chi connectivity index (χ1v) is 12.3. The van der Waals surface area contributed by atoms with Crippen LogP contribution in [0.25, 0.3) is 0 Å². The molecule has 0 unspecified atom stereocenters. The van der Waals surface area contributed by atoms with Gasteiger partial charge in [0.1, 0.15) is 6.04 Å². The number of nitrogens with zero attached hydrogens (tertiary/aromatic N) is 2. The second kappa shape index (κ2) is 9.58. The summed E-state index contributed by atoms with van der Waals surface area (Å²) in [7, 11) is -3.88. The van der Waals surface area contributed by atoms with Gasteiger partial charge in [0.2, 0.25) is 15.9 Å². The van der Waals surface area contributed by atoms with Gasteiger partial charge in [0.25, 0.3) is 0 Å². The van der Waals surface area contributed by atoms with Crippen molar-refractivity contribution in [1.82, 2.24) is 9.29 Å². The van der Waals surface area contributed by atoms with Crippen LogP contribution in [0.4, 0.5) is 5.69 Å². The Morgan fingerprint density at radius 1 is 1.00 bits per heavy atom. The van der Waals surface area contributed by atoms with E-state index in [4.69, 9.17) is 23.2 Å². The number of carbonyl (C=O) groups excluding carboxylic acids is 1. The van der Waals surface area contributed by atoms with E-state index < -0.39 is 16.1 Å². The van der Waals surface area contributed by atoms with Crippen LogP contribution in [-0.4, -0.2) is 36.2 Å². The summed E-state index contributed by atoms with van der Waals surface area (Å²) in [5.74, 6) is -0.354. The Hall–Kier alpha value is -2.45. The number of amides is 1. The number of anilines is 1. The van der Waals surface area contributed by atoms with Crippen molar-refractivity contribution in [3.8, 4) is 0 Å². The standard InChI is InChI=1S/C23H21Cl2N3O3S/c24-20-8-7-19(15-21(20)25)32(30,31)28-13-1-2-22(28)23(29)27-18-5-3-16(4-6-18)14-17-9-11-26-12-10-17/h3-12,15,22H,1-2,13-14H2,(H,27,29)/t22-/m0/s1. The molecule has 9 heteroatoms. The Balaban J connectivity index is 1.46. The molecule has 166 valence electrons. The topological polar surface area (TPSA) is 79.4 Å². The average Bonchev–Trinajstić information content (AvgIpc) is 3.29. The normalized spacial score (nSPS) is 16.8. The van der Waals surface area contributed by atoms with Gasteiger partial charge in [-0.3, -0.25) is 9.78 Å². The summed E-state index contributed by atoms with van der Waals surface area (Å²) < 4.78 is 27.5. The van der Waals surface area contributed by atoms with Gasteiger partial charge in [-0.1, -0.05) is 35.3 Å². The second-order valence-electron chi connectivity index (χ2n) is 7.57. The summed E-state index contributed by atoms with van der Waals surface area (Å²) >= 11 is 11.9. The number of hydrogen-bond donors (Lipinski definition) is 1. The molecule has 1 atom stereocenters. The molecule has 1 saturated heterocycles. The monoisotopic (exact) mass is 489 g/mol. The molecule has 1 fully saturated rings. The number of pyridine rings is 1. The smallest absolute Gasteiger partial charge is 0.243 e. The van der Waals surface area contributed by atoms with Gasteiger partial charge in [-0.25, -0.2) is 8.42 Å². The van der Waals surface area contributed by atoms with Crippen LogP contribution in [0, 0.1) is 0 Å². The van der Waals surface area contributed by atoms with Crippen LogP contribution < -0.4 is 5.32 Å². The maximum Gasteiger partial charge on any atom is 0.243 e. The number of aromatic nitrogens is 1.